The Morgan fingerprint density at radius 3 is 2.81 bits per heavy atom. The lowest BCUT2D eigenvalue weighted by molar-refractivity contribution is -0.155. The quantitative estimate of drug-likeness (QED) is 0.733. The first-order chi connectivity index (χ1) is 7.42. The van der Waals surface area contributed by atoms with Crippen molar-refractivity contribution >= 4 is 5.97 Å². The maximum atomic E-state index is 11.4. The summed E-state index contributed by atoms with van der Waals surface area (Å²) < 4.78 is 6.91. The molecule has 0 aliphatic heterocycles. The van der Waals surface area contributed by atoms with E-state index in [1.807, 2.05) is 20.8 Å². The summed E-state index contributed by atoms with van der Waals surface area (Å²) in [4.78, 5) is 11.4. The van der Waals surface area contributed by atoms with Gasteiger partial charge in [0.05, 0.1) is 6.42 Å². The van der Waals surface area contributed by atoms with Gasteiger partial charge in [-0.2, -0.15) is 5.26 Å². The number of hydrogen-bond acceptors (Lipinski definition) is 3. The van der Waals surface area contributed by atoms with Crippen molar-refractivity contribution in [1.29, 1.82) is 5.26 Å². The molecule has 0 unspecified atom stereocenters. The highest BCUT2D eigenvalue weighted by Gasteiger charge is 2.16. The lowest BCUT2D eigenvalue weighted by Gasteiger charge is -2.19. The SMILES string of the molecule is CC(C)(C)OC(=O)CCn1cccc1C#N. The number of nitriles is 1. The smallest absolute Gasteiger partial charge is 0.308 e. The molecule has 1 aromatic rings. The summed E-state index contributed by atoms with van der Waals surface area (Å²) in [5.74, 6) is -0.245. The summed E-state index contributed by atoms with van der Waals surface area (Å²) in [6, 6.07) is 5.56. The molecule has 86 valence electrons. The number of aryl methyl sites for hydroxylation is 1. The molecule has 0 amide bonds. The van der Waals surface area contributed by atoms with Gasteiger partial charge in [-0.05, 0) is 32.9 Å². The fourth-order valence-corrected chi connectivity index (χ4v) is 1.31. The summed E-state index contributed by atoms with van der Waals surface area (Å²) in [6.45, 7) is 5.98. The van der Waals surface area contributed by atoms with Crippen molar-refractivity contribution in [3.05, 3.63) is 24.0 Å². The van der Waals surface area contributed by atoms with Crippen LogP contribution >= 0.6 is 0 Å². The Morgan fingerprint density at radius 2 is 2.25 bits per heavy atom. The van der Waals surface area contributed by atoms with Crippen LogP contribution in [0.1, 0.15) is 32.9 Å². The first kappa shape index (κ1) is 12.3. The van der Waals surface area contributed by atoms with E-state index in [0.717, 1.165) is 0 Å². The molecule has 0 saturated carbocycles. The minimum Gasteiger partial charge on any atom is -0.460 e. The van der Waals surface area contributed by atoms with Gasteiger partial charge in [-0.1, -0.05) is 0 Å². The predicted octanol–water partition coefficient (Wildman–Crippen LogP) is 2.09. The van der Waals surface area contributed by atoms with Gasteiger partial charge >= 0.3 is 5.97 Å². The lowest BCUT2D eigenvalue weighted by Crippen LogP contribution is -2.24. The fraction of sp³-hybridized carbons (Fsp3) is 0.500. The Bertz CT molecular complexity index is 407. The monoisotopic (exact) mass is 220 g/mol. The number of rotatable bonds is 3. The highest BCUT2D eigenvalue weighted by Crippen LogP contribution is 2.09. The summed E-state index contributed by atoms with van der Waals surface area (Å²) in [5, 5.41) is 8.77. The van der Waals surface area contributed by atoms with Crippen molar-refractivity contribution in [2.45, 2.75) is 39.3 Å². The van der Waals surface area contributed by atoms with Crippen LogP contribution in [0.15, 0.2) is 18.3 Å². The molecule has 16 heavy (non-hydrogen) atoms. The van der Waals surface area contributed by atoms with E-state index in [1.54, 1.807) is 22.9 Å². The zero-order chi connectivity index (χ0) is 12.2. The van der Waals surface area contributed by atoms with Crippen molar-refractivity contribution in [3.8, 4) is 6.07 Å². The van der Waals surface area contributed by atoms with Gasteiger partial charge in [-0.25, -0.2) is 0 Å². The van der Waals surface area contributed by atoms with Gasteiger partial charge in [0.1, 0.15) is 17.4 Å². The van der Waals surface area contributed by atoms with Crippen molar-refractivity contribution in [3.63, 3.8) is 0 Å². The van der Waals surface area contributed by atoms with Crippen LogP contribution in [0.4, 0.5) is 0 Å². The van der Waals surface area contributed by atoms with E-state index in [1.165, 1.54) is 0 Å². The zero-order valence-electron chi connectivity index (χ0n) is 9.86. The highest BCUT2D eigenvalue weighted by atomic mass is 16.6. The van der Waals surface area contributed by atoms with E-state index < -0.39 is 5.60 Å². The molecule has 0 bridgehead atoms. The molecule has 1 aromatic heterocycles. The van der Waals surface area contributed by atoms with E-state index in [2.05, 4.69) is 6.07 Å². The first-order valence-electron chi connectivity index (χ1n) is 5.19. The van der Waals surface area contributed by atoms with Gasteiger partial charge < -0.3 is 9.30 Å². The van der Waals surface area contributed by atoms with Crippen molar-refractivity contribution < 1.29 is 9.53 Å². The molecule has 0 radical (unpaired) electrons. The summed E-state index contributed by atoms with van der Waals surface area (Å²) in [6.07, 6.45) is 2.06. The van der Waals surface area contributed by atoms with Gasteiger partial charge in [0.15, 0.2) is 0 Å². The number of nitrogens with zero attached hydrogens (tertiary/aromatic N) is 2. The highest BCUT2D eigenvalue weighted by molar-refractivity contribution is 5.69. The standard InChI is InChI=1S/C12H16N2O2/c1-12(2,3)16-11(15)6-8-14-7-4-5-10(14)9-13/h4-5,7H,6,8H2,1-3H3. The molecule has 4 nitrogen and oxygen atoms in total. The third kappa shape index (κ3) is 3.77. The second-order valence-electron chi connectivity index (χ2n) is 4.54. The molecular weight excluding hydrogens is 204 g/mol. The number of carbonyl (C=O) groups excluding carboxylic acids is 1. The Labute approximate surface area is 95.4 Å². The molecule has 1 rings (SSSR count). The van der Waals surface area contributed by atoms with Crippen molar-refractivity contribution in [2.24, 2.45) is 0 Å². The average Bonchev–Trinajstić information content (AvgIpc) is 2.59. The summed E-state index contributed by atoms with van der Waals surface area (Å²) in [5.41, 5.74) is 0.106. The van der Waals surface area contributed by atoms with Crippen LogP contribution in [0.3, 0.4) is 0 Å². The zero-order valence-corrected chi connectivity index (χ0v) is 9.86. The summed E-state index contributed by atoms with van der Waals surface area (Å²) >= 11 is 0. The average molecular weight is 220 g/mol. The lowest BCUT2D eigenvalue weighted by atomic mass is 10.2. The maximum absolute atomic E-state index is 11.4. The van der Waals surface area contributed by atoms with Gasteiger partial charge in [-0.3, -0.25) is 4.79 Å². The van der Waals surface area contributed by atoms with Crippen LogP contribution in [0.25, 0.3) is 0 Å². The molecule has 4 heteroatoms. The fourth-order valence-electron chi connectivity index (χ4n) is 1.31. The van der Waals surface area contributed by atoms with Crippen LogP contribution in [-0.2, 0) is 16.1 Å². The third-order valence-electron chi connectivity index (χ3n) is 1.92. The molecule has 0 aliphatic rings. The predicted molar refractivity (Wildman–Crippen MR) is 59.6 cm³/mol. The van der Waals surface area contributed by atoms with Gasteiger partial charge in [0.2, 0.25) is 0 Å². The molecule has 1 heterocycles. The molecule has 0 spiro atoms. The topological polar surface area (TPSA) is 55.0 Å². The van der Waals surface area contributed by atoms with Crippen LogP contribution in [-0.4, -0.2) is 16.1 Å². The van der Waals surface area contributed by atoms with Gasteiger partial charge in [0.25, 0.3) is 0 Å². The van der Waals surface area contributed by atoms with E-state index in [0.29, 0.717) is 12.2 Å². The second-order valence-corrected chi connectivity index (χ2v) is 4.54. The van der Waals surface area contributed by atoms with Crippen LogP contribution in [0, 0.1) is 11.3 Å². The maximum Gasteiger partial charge on any atom is 0.308 e. The van der Waals surface area contributed by atoms with Gasteiger partial charge in [0, 0.05) is 12.7 Å². The van der Waals surface area contributed by atoms with E-state index in [-0.39, 0.29) is 12.4 Å². The van der Waals surface area contributed by atoms with Crippen LogP contribution < -0.4 is 0 Å². The Kier molecular flexibility index (Phi) is 3.73. The van der Waals surface area contributed by atoms with E-state index >= 15 is 0 Å². The number of aromatic nitrogens is 1. The van der Waals surface area contributed by atoms with E-state index in [9.17, 15) is 4.79 Å². The third-order valence-corrected chi connectivity index (χ3v) is 1.92. The Balaban J connectivity index is 2.47. The number of esters is 1. The molecule has 0 aliphatic carbocycles. The Morgan fingerprint density at radius 1 is 1.56 bits per heavy atom. The number of carbonyl (C=O) groups is 1. The first-order valence-corrected chi connectivity index (χ1v) is 5.19. The normalized spacial score (nSPS) is 10.9. The second kappa shape index (κ2) is 4.84. The molecule has 0 saturated heterocycles. The molecular formula is C12H16N2O2. The largest absolute Gasteiger partial charge is 0.460 e. The number of hydrogen-bond donors (Lipinski definition) is 0. The van der Waals surface area contributed by atoms with Crippen LogP contribution in [0.2, 0.25) is 0 Å². The summed E-state index contributed by atoms with van der Waals surface area (Å²) in [7, 11) is 0. The minimum atomic E-state index is -0.453. The molecule has 0 atom stereocenters. The van der Waals surface area contributed by atoms with E-state index in [4.69, 9.17) is 10.00 Å². The molecule has 0 aromatic carbocycles. The van der Waals surface area contributed by atoms with Crippen LogP contribution in [0.5, 0.6) is 0 Å². The number of ether oxygens (including phenoxy) is 1. The molecule has 0 fully saturated rings. The van der Waals surface area contributed by atoms with Gasteiger partial charge in [-0.15, -0.1) is 0 Å². The minimum absolute atomic E-state index is 0.245. The van der Waals surface area contributed by atoms with Crippen molar-refractivity contribution in [1.82, 2.24) is 4.57 Å². The molecule has 0 N–H and O–H groups in total. The Hall–Kier alpha value is -1.76. The van der Waals surface area contributed by atoms with Crippen molar-refractivity contribution in [2.75, 3.05) is 0 Å².